The third-order valence-electron chi connectivity index (χ3n) is 2.60. The van der Waals surface area contributed by atoms with Gasteiger partial charge in [0, 0.05) is 6.61 Å². The van der Waals surface area contributed by atoms with Crippen molar-refractivity contribution in [3.63, 3.8) is 0 Å². The summed E-state index contributed by atoms with van der Waals surface area (Å²) in [6.45, 7) is 3.35. The second-order valence-electron chi connectivity index (χ2n) is 4.06. The van der Waals surface area contributed by atoms with Crippen molar-refractivity contribution in [2.24, 2.45) is 0 Å². The summed E-state index contributed by atoms with van der Waals surface area (Å²) in [5.74, 6) is 0. The fourth-order valence-electron chi connectivity index (χ4n) is 1.60. The molecule has 90 valence electrons. The zero-order valence-electron chi connectivity index (χ0n) is 10.1. The van der Waals surface area contributed by atoms with Crippen LogP contribution in [0.1, 0.15) is 44.3 Å². The summed E-state index contributed by atoms with van der Waals surface area (Å²) in [5, 5.41) is 9.80. The highest BCUT2D eigenvalue weighted by atomic mass is 16.5. The molecule has 0 bridgehead atoms. The van der Waals surface area contributed by atoms with Crippen molar-refractivity contribution in [3.8, 4) is 0 Å². The first-order valence-corrected chi connectivity index (χ1v) is 6.15. The molecule has 0 saturated carbocycles. The zero-order chi connectivity index (χ0) is 11.6. The summed E-state index contributed by atoms with van der Waals surface area (Å²) in [6.07, 6.45) is 4.33. The van der Waals surface area contributed by atoms with Gasteiger partial charge in [-0.05, 0) is 12.0 Å². The standard InChI is InChI=1S/C14H22O2/c1-2-3-4-8-11-16-12-14(15)13-9-6-5-7-10-13/h5-7,9-10,14-15H,2-4,8,11-12H2,1H3. The predicted octanol–water partition coefficient (Wildman–Crippen LogP) is 3.32. The van der Waals surface area contributed by atoms with Gasteiger partial charge in [0.25, 0.3) is 0 Å². The fraction of sp³-hybridized carbons (Fsp3) is 0.571. The molecule has 0 heterocycles. The lowest BCUT2D eigenvalue weighted by atomic mass is 10.1. The molecule has 1 aromatic carbocycles. The Hall–Kier alpha value is -0.860. The second kappa shape index (κ2) is 8.31. The molecule has 0 spiro atoms. The van der Waals surface area contributed by atoms with Crippen molar-refractivity contribution in [1.82, 2.24) is 0 Å². The lowest BCUT2D eigenvalue weighted by Crippen LogP contribution is -2.07. The summed E-state index contributed by atoms with van der Waals surface area (Å²) in [7, 11) is 0. The van der Waals surface area contributed by atoms with Crippen LogP contribution in [-0.2, 0) is 4.74 Å². The van der Waals surface area contributed by atoms with Crippen LogP contribution in [0.2, 0.25) is 0 Å². The molecule has 0 aliphatic carbocycles. The average molecular weight is 222 g/mol. The Morgan fingerprint density at radius 3 is 2.56 bits per heavy atom. The van der Waals surface area contributed by atoms with Crippen LogP contribution in [0.25, 0.3) is 0 Å². The highest BCUT2D eigenvalue weighted by Crippen LogP contribution is 2.12. The van der Waals surface area contributed by atoms with E-state index in [1.165, 1.54) is 19.3 Å². The third kappa shape index (κ3) is 5.29. The first-order chi connectivity index (χ1) is 7.84. The van der Waals surface area contributed by atoms with Crippen LogP contribution in [0.5, 0.6) is 0 Å². The molecule has 1 atom stereocenters. The van der Waals surface area contributed by atoms with Crippen molar-refractivity contribution >= 4 is 0 Å². The van der Waals surface area contributed by atoms with Gasteiger partial charge in [-0.15, -0.1) is 0 Å². The van der Waals surface area contributed by atoms with Crippen LogP contribution < -0.4 is 0 Å². The minimum absolute atomic E-state index is 0.399. The van der Waals surface area contributed by atoms with Gasteiger partial charge >= 0.3 is 0 Å². The van der Waals surface area contributed by atoms with E-state index in [2.05, 4.69) is 6.92 Å². The Bertz CT molecular complexity index is 259. The lowest BCUT2D eigenvalue weighted by molar-refractivity contribution is 0.0344. The molecule has 0 aromatic heterocycles. The van der Waals surface area contributed by atoms with Gasteiger partial charge in [-0.2, -0.15) is 0 Å². The van der Waals surface area contributed by atoms with E-state index in [1.807, 2.05) is 30.3 Å². The smallest absolute Gasteiger partial charge is 0.102 e. The van der Waals surface area contributed by atoms with E-state index in [0.717, 1.165) is 18.6 Å². The van der Waals surface area contributed by atoms with E-state index in [0.29, 0.717) is 6.61 Å². The van der Waals surface area contributed by atoms with Crippen LogP contribution >= 0.6 is 0 Å². The topological polar surface area (TPSA) is 29.5 Å². The van der Waals surface area contributed by atoms with E-state index in [4.69, 9.17) is 4.74 Å². The fourth-order valence-corrected chi connectivity index (χ4v) is 1.60. The largest absolute Gasteiger partial charge is 0.386 e. The summed E-state index contributed by atoms with van der Waals surface area (Å²) in [4.78, 5) is 0. The van der Waals surface area contributed by atoms with E-state index in [9.17, 15) is 5.11 Å². The molecular formula is C14H22O2. The van der Waals surface area contributed by atoms with Gasteiger partial charge in [-0.3, -0.25) is 0 Å². The van der Waals surface area contributed by atoms with E-state index in [-0.39, 0.29) is 0 Å². The van der Waals surface area contributed by atoms with Crippen LogP contribution in [0.15, 0.2) is 30.3 Å². The quantitative estimate of drug-likeness (QED) is 0.684. The van der Waals surface area contributed by atoms with Gasteiger partial charge in [0.15, 0.2) is 0 Å². The van der Waals surface area contributed by atoms with Crippen LogP contribution in [0.3, 0.4) is 0 Å². The normalized spacial score (nSPS) is 12.6. The van der Waals surface area contributed by atoms with Crippen LogP contribution in [-0.4, -0.2) is 18.3 Å². The molecule has 0 aliphatic heterocycles. The predicted molar refractivity (Wildman–Crippen MR) is 66.4 cm³/mol. The Kier molecular flexibility index (Phi) is 6.86. The maximum absolute atomic E-state index is 9.80. The van der Waals surface area contributed by atoms with Crippen molar-refractivity contribution in [2.45, 2.75) is 38.7 Å². The second-order valence-corrected chi connectivity index (χ2v) is 4.06. The van der Waals surface area contributed by atoms with Gasteiger partial charge in [0.05, 0.1) is 6.61 Å². The van der Waals surface area contributed by atoms with Crippen LogP contribution in [0.4, 0.5) is 0 Å². The number of aliphatic hydroxyl groups excluding tert-OH is 1. The zero-order valence-corrected chi connectivity index (χ0v) is 10.1. The number of unbranched alkanes of at least 4 members (excludes halogenated alkanes) is 3. The maximum atomic E-state index is 9.80. The maximum Gasteiger partial charge on any atom is 0.102 e. The number of hydrogen-bond acceptors (Lipinski definition) is 2. The molecule has 0 aliphatic rings. The molecule has 1 rings (SSSR count). The molecule has 1 unspecified atom stereocenters. The molecule has 0 saturated heterocycles. The number of ether oxygens (including phenoxy) is 1. The monoisotopic (exact) mass is 222 g/mol. The SMILES string of the molecule is CCCCCCOCC(O)c1ccccc1. The molecule has 0 radical (unpaired) electrons. The third-order valence-corrected chi connectivity index (χ3v) is 2.60. The van der Waals surface area contributed by atoms with Gasteiger partial charge < -0.3 is 9.84 Å². The first kappa shape index (κ1) is 13.2. The highest BCUT2D eigenvalue weighted by molar-refractivity contribution is 5.17. The van der Waals surface area contributed by atoms with Crippen molar-refractivity contribution in [2.75, 3.05) is 13.2 Å². The lowest BCUT2D eigenvalue weighted by Gasteiger charge is -2.11. The Balaban J connectivity index is 2.09. The first-order valence-electron chi connectivity index (χ1n) is 6.15. The van der Waals surface area contributed by atoms with Crippen molar-refractivity contribution in [1.29, 1.82) is 0 Å². The number of benzene rings is 1. The van der Waals surface area contributed by atoms with E-state index < -0.39 is 6.10 Å². The molecule has 1 N–H and O–H groups in total. The van der Waals surface area contributed by atoms with Crippen molar-refractivity contribution < 1.29 is 9.84 Å². The molecule has 0 fully saturated rings. The minimum Gasteiger partial charge on any atom is -0.386 e. The Labute approximate surface area is 98.3 Å². The van der Waals surface area contributed by atoms with Gasteiger partial charge in [0.1, 0.15) is 6.10 Å². The van der Waals surface area contributed by atoms with Gasteiger partial charge in [-0.25, -0.2) is 0 Å². The average Bonchev–Trinajstić information content (AvgIpc) is 2.34. The Morgan fingerprint density at radius 1 is 1.12 bits per heavy atom. The summed E-state index contributed by atoms with van der Waals surface area (Å²) in [6, 6.07) is 9.65. The van der Waals surface area contributed by atoms with E-state index >= 15 is 0 Å². The molecule has 16 heavy (non-hydrogen) atoms. The summed E-state index contributed by atoms with van der Waals surface area (Å²) < 4.78 is 5.45. The van der Waals surface area contributed by atoms with Gasteiger partial charge in [0.2, 0.25) is 0 Å². The number of aliphatic hydroxyl groups is 1. The van der Waals surface area contributed by atoms with Gasteiger partial charge in [-0.1, -0.05) is 56.5 Å². The summed E-state index contributed by atoms with van der Waals surface area (Å²) >= 11 is 0. The highest BCUT2D eigenvalue weighted by Gasteiger charge is 2.05. The molecular weight excluding hydrogens is 200 g/mol. The minimum atomic E-state index is -0.493. The molecule has 1 aromatic rings. The Morgan fingerprint density at radius 2 is 1.88 bits per heavy atom. The number of rotatable bonds is 8. The molecule has 0 amide bonds. The molecule has 2 nitrogen and oxygen atoms in total. The molecule has 2 heteroatoms. The van der Waals surface area contributed by atoms with E-state index in [1.54, 1.807) is 0 Å². The van der Waals surface area contributed by atoms with Crippen LogP contribution in [0, 0.1) is 0 Å². The van der Waals surface area contributed by atoms with Crippen molar-refractivity contribution in [3.05, 3.63) is 35.9 Å². The number of hydrogen-bond donors (Lipinski definition) is 1. The summed E-state index contributed by atoms with van der Waals surface area (Å²) in [5.41, 5.74) is 0.927.